The first-order chi connectivity index (χ1) is 14.4. The molecule has 0 N–H and O–H groups in total. The van der Waals surface area contributed by atoms with Gasteiger partial charge in [0.25, 0.3) is 5.56 Å². The fraction of sp³-hybridized carbons (Fsp3) is 0.435. The average Bonchev–Trinajstić information content (AvgIpc) is 3.04. The smallest absolute Gasteiger partial charge is 0.332 e. The SMILES string of the molecule is CCn1c(=O)c2c(nc(C=Cc3ccc(OCCC(C)C)cc3)n2C)n(CC)c1=O. The molecule has 0 amide bonds. The number of rotatable bonds is 8. The molecule has 30 heavy (non-hydrogen) atoms. The Labute approximate surface area is 176 Å². The van der Waals surface area contributed by atoms with Crippen LogP contribution in [-0.4, -0.2) is 25.3 Å². The molecule has 160 valence electrons. The van der Waals surface area contributed by atoms with Gasteiger partial charge in [0.2, 0.25) is 0 Å². The summed E-state index contributed by atoms with van der Waals surface area (Å²) in [4.78, 5) is 29.9. The minimum absolute atomic E-state index is 0.306. The van der Waals surface area contributed by atoms with E-state index in [1.165, 1.54) is 4.57 Å². The summed E-state index contributed by atoms with van der Waals surface area (Å²) in [5.41, 5.74) is 1.23. The van der Waals surface area contributed by atoms with Gasteiger partial charge in [-0.2, -0.15) is 0 Å². The number of imidazole rings is 1. The second-order valence-corrected chi connectivity index (χ2v) is 7.71. The average molecular weight is 411 g/mol. The fourth-order valence-corrected chi connectivity index (χ4v) is 3.35. The number of hydrogen-bond donors (Lipinski definition) is 0. The van der Waals surface area contributed by atoms with Gasteiger partial charge in [-0.3, -0.25) is 13.9 Å². The zero-order chi connectivity index (χ0) is 21.8. The Morgan fingerprint density at radius 1 is 1.03 bits per heavy atom. The van der Waals surface area contributed by atoms with Crippen LogP contribution in [0.5, 0.6) is 5.75 Å². The quantitative estimate of drug-likeness (QED) is 0.570. The van der Waals surface area contributed by atoms with E-state index in [4.69, 9.17) is 4.74 Å². The zero-order valence-electron chi connectivity index (χ0n) is 18.4. The molecule has 0 aliphatic heterocycles. The molecule has 3 rings (SSSR count). The molecular weight excluding hydrogens is 380 g/mol. The van der Waals surface area contributed by atoms with Gasteiger partial charge in [-0.25, -0.2) is 9.78 Å². The third-order valence-electron chi connectivity index (χ3n) is 5.18. The van der Waals surface area contributed by atoms with Crippen molar-refractivity contribution in [2.75, 3.05) is 6.61 Å². The Morgan fingerprint density at radius 3 is 2.30 bits per heavy atom. The van der Waals surface area contributed by atoms with Gasteiger partial charge >= 0.3 is 5.69 Å². The summed E-state index contributed by atoms with van der Waals surface area (Å²) in [7, 11) is 1.80. The molecule has 2 aromatic heterocycles. The van der Waals surface area contributed by atoms with Crippen molar-refractivity contribution in [3.63, 3.8) is 0 Å². The summed E-state index contributed by atoms with van der Waals surface area (Å²) in [6.07, 6.45) is 4.82. The van der Waals surface area contributed by atoms with E-state index >= 15 is 0 Å². The standard InChI is InChI=1S/C23H30N4O3/c1-6-26-21-20(22(28)27(7-2)23(26)29)25(5)19(24-21)13-10-17-8-11-18(12-9-17)30-15-14-16(3)4/h8-13,16H,6-7,14-15H2,1-5H3. The lowest BCUT2D eigenvalue weighted by Gasteiger charge is -2.08. The van der Waals surface area contributed by atoms with E-state index in [1.54, 1.807) is 23.1 Å². The summed E-state index contributed by atoms with van der Waals surface area (Å²) in [6, 6.07) is 7.86. The molecule has 0 unspecified atom stereocenters. The van der Waals surface area contributed by atoms with Gasteiger partial charge in [0.1, 0.15) is 11.6 Å². The first kappa shape index (κ1) is 21.6. The topological polar surface area (TPSA) is 71.1 Å². The van der Waals surface area contributed by atoms with Gasteiger partial charge in [0, 0.05) is 20.1 Å². The molecule has 0 aliphatic rings. The predicted molar refractivity (Wildman–Crippen MR) is 121 cm³/mol. The van der Waals surface area contributed by atoms with Crippen LogP contribution in [-0.2, 0) is 20.1 Å². The van der Waals surface area contributed by atoms with Gasteiger partial charge in [-0.15, -0.1) is 0 Å². The maximum absolute atomic E-state index is 12.8. The first-order valence-electron chi connectivity index (χ1n) is 10.5. The molecule has 0 atom stereocenters. The second kappa shape index (κ2) is 9.15. The number of ether oxygens (including phenoxy) is 1. The minimum Gasteiger partial charge on any atom is -0.494 e. The van der Waals surface area contributed by atoms with E-state index in [0.717, 1.165) is 17.7 Å². The monoisotopic (exact) mass is 410 g/mol. The van der Waals surface area contributed by atoms with E-state index in [2.05, 4.69) is 18.8 Å². The highest BCUT2D eigenvalue weighted by Crippen LogP contribution is 2.17. The van der Waals surface area contributed by atoms with Crippen molar-refractivity contribution in [2.45, 2.75) is 47.2 Å². The summed E-state index contributed by atoms with van der Waals surface area (Å²) in [5.74, 6) is 2.09. The molecule has 0 saturated carbocycles. The maximum atomic E-state index is 12.8. The molecule has 1 aromatic carbocycles. The van der Waals surface area contributed by atoms with Crippen molar-refractivity contribution in [3.05, 3.63) is 56.5 Å². The lowest BCUT2D eigenvalue weighted by Crippen LogP contribution is -2.39. The molecule has 7 heteroatoms. The first-order valence-corrected chi connectivity index (χ1v) is 10.5. The van der Waals surface area contributed by atoms with E-state index in [0.29, 0.717) is 42.6 Å². The van der Waals surface area contributed by atoms with Crippen LogP contribution in [0.1, 0.15) is 45.5 Å². The van der Waals surface area contributed by atoms with E-state index in [1.807, 2.05) is 43.3 Å². The summed E-state index contributed by atoms with van der Waals surface area (Å²) < 4.78 is 10.3. The lowest BCUT2D eigenvalue weighted by molar-refractivity contribution is 0.289. The van der Waals surface area contributed by atoms with Crippen molar-refractivity contribution in [1.29, 1.82) is 0 Å². The molecule has 0 bridgehead atoms. The zero-order valence-corrected chi connectivity index (χ0v) is 18.4. The summed E-state index contributed by atoms with van der Waals surface area (Å²) in [5, 5.41) is 0. The van der Waals surface area contributed by atoms with Crippen molar-refractivity contribution in [2.24, 2.45) is 13.0 Å². The number of fused-ring (bicyclic) bond motifs is 1. The van der Waals surface area contributed by atoms with Crippen LogP contribution < -0.4 is 16.0 Å². The number of aryl methyl sites for hydroxylation is 2. The lowest BCUT2D eigenvalue weighted by atomic mass is 10.1. The molecule has 0 aliphatic carbocycles. The molecule has 7 nitrogen and oxygen atoms in total. The van der Waals surface area contributed by atoms with Crippen LogP contribution in [0.4, 0.5) is 0 Å². The molecule has 2 heterocycles. The third kappa shape index (κ3) is 4.25. The second-order valence-electron chi connectivity index (χ2n) is 7.71. The Hall–Kier alpha value is -3.09. The number of nitrogens with zero attached hydrogens (tertiary/aromatic N) is 4. The minimum atomic E-state index is -0.320. The highest BCUT2D eigenvalue weighted by Gasteiger charge is 2.17. The maximum Gasteiger partial charge on any atom is 0.332 e. The molecule has 0 radical (unpaired) electrons. The Morgan fingerprint density at radius 2 is 1.70 bits per heavy atom. The van der Waals surface area contributed by atoms with Crippen LogP contribution in [0.25, 0.3) is 23.3 Å². The number of benzene rings is 1. The highest BCUT2D eigenvalue weighted by atomic mass is 16.5. The molecule has 0 fully saturated rings. The number of hydrogen-bond acceptors (Lipinski definition) is 4. The van der Waals surface area contributed by atoms with Gasteiger partial charge < -0.3 is 9.30 Å². The van der Waals surface area contributed by atoms with Gasteiger partial charge in [0.05, 0.1) is 6.61 Å². The van der Waals surface area contributed by atoms with E-state index < -0.39 is 0 Å². The summed E-state index contributed by atoms with van der Waals surface area (Å²) in [6.45, 7) is 9.51. The Kier molecular flexibility index (Phi) is 6.59. The molecule has 0 saturated heterocycles. The normalized spacial score (nSPS) is 11.8. The summed E-state index contributed by atoms with van der Waals surface area (Å²) >= 11 is 0. The van der Waals surface area contributed by atoms with Crippen LogP contribution in [0.15, 0.2) is 33.9 Å². The van der Waals surface area contributed by atoms with Crippen LogP contribution in [0.2, 0.25) is 0 Å². The van der Waals surface area contributed by atoms with Crippen molar-refractivity contribution >= 4 is 23.3 Å². The van der Waals surface area contributed by atoms with Crippen molar-refractivity contribution in [1.82, 2.24) is 18.7 Å². The van der Waals surface area contributed by atoms with Crippen molar-refractivity contribution in [3.8, 4) is 5.75 Å². The Balaban J connectivity index is 1.90. The fourth-order valence-electron chi connectivity index (χ4n) is 3.35. The largest absolute Gasteiger partial charge is 0.494 e. The molecule has 0 spiro atoms. The highest BCUT2D eigenvalue weighted by molar-refractivity contribution is 5.76. The van der Waals surface area contributed by atoms with Gasteiger partial charge in [0.15, 0.2) is 11.2 Å². The van der Waals surface area contributed by atoms with Gasteiger partial charge in [-0.1, -0.05) is 32.1 Å². The van der Waals surface area contributed by atoms with E-state index in [-0.39, 0.29) is 11.2 Å². The van der Waals surface area contributed by atoms with Crippen molar-refractivity contribution < 1.29 is 4.74 Å². The predicted octanol–water partition coefficient (Wildman–Crippen LogP) is 3.53. The number of aromatic nitrogens is 4. The van der Waals surface area contributed by atoms with Gasteiger partial charge in [-0.05, 0) is 50.0 Å². The molecular formula is C23H30N4O3. The third-order valence-corrected chi connectivity index (χ3v) is 5.18. The van der Waals surface area contributed by atoms with Crippen LogP contribution in [0.3, 0.4) is 0 Å². The van der Waals surface area contributed by atoms with E-state index in [9.17, 15) is 9.59 Å². The van der Waals surface area contributed by atoms with Crippen LogP contribution in [0, 0.1) is 5.92 Å². The molecule has 3 aromatic rings. The van der Waals surface area contributed by atoms with Crippen LogP contribution >= 0.6 is 0 Å². The Bertz CT molecular complexity index is 1160.